The molecule has 0 radical (unpaired) electrons. The average molecular weight is 224 g/mol. The first-order valence-electron chi connectivity index (χ1n) is 3.02. The van der Waals surface area contributed by atoms with Gasteiger partial charge in [-0.1, -0.05) is 0 Å². The van der Waals surface area contributed by atoms with E-state index in [-0.39, 0.29) is 18.8 Å². The van der Waals surface area contributed by atoms with Crippen molar-refractivity contribution in [2.75, 3.05) is 6.61 Å². The van der Waals surface area contributed by atoms with Gasteiger partial charge in [-0.2, -0.15) is 0 Å². The van der Waals surface area contributed by atoms with E-state index < -0.39 is 25.0 Å². The van der Waals surface area contributed by atoms with Crippen molar-refractivity contribution in [1.82, 2.24) is 0 Å². The Labute approximate surface area is 78.3 Å². The Morgan fingerprint density at radius 2 is 2.00 bits per heavy atom. The van der Waals surface area contributed by atoms with E-state index >= 15 is 0 Å². The Morgan fingerprint density at radius 3 is 2.31 bits per heavy atom. The van der Waals surface area contributed by atoms with Crippen LogP contribution in [0.4, 0.5) is 13.2 Å². The zero-order valence-corrected chi connectivity index (χ0v) is 7.19. The van der Waals surface area contributed by atoms with E-state index in [1.54, 1.807) is 0 Å². The number of ether oxygens (including phenoxy) is 1. The van der Waals surface area contributed by atoms with Crippen LogP contribution in [0.3, 0.4) is 0 Å². The number of rotatable bonds is 4. The molecule has 0 rings (SSSR count). The van der Waals surface area contributed by atoms with Gasteiger partial charge in [0.2, 0.25) is 0 Å². The quantitative estimate of drug-likeness (QED) is 0.738. The summed E-state index contributed by atoms with van der Waals surface area (Å²) in [6.45, 7) is -0.739. The number of halogens is 4. The molecule has 80 valence electrons. The summed E-state index contributed by atoms with van der Waals surface area (Å²) in [5, 5.41) is 8.15. The number of alkyl halides is 3. The summed E-state index contributed by atoms with van der Waals surface area (Å²) in [6, 6.07) is -1.31. The summed E-state index contributed by atoms with van der Waals surface area (Å²) >= 11 is 0. The lowest BCUT2D eigenvalue weighted by atomic mass is 10.2. The first-order chi connectivity index (χ1) is 5.33. The van der Waals surface area contributed by atoms with Crippen LogP contribution in [0.25, 0.3) is 0 Å². The molecular weight excluding hydrogens is 215 g/mol. The van der Waals surface area contributed by atoms with Gasteiger partial charge in [0, 0.05) is 0 Å². The van der Waals surface area contributed by atoms with Crippen molar-refractivity contribution in [3.05, 3.63) is 0 Å². The third-order valence-electron chi connectivity index (χ3n) is 1.01. The molecule has 0 saturated carbocycles. The van der Waals surface area contributed by atoms with Crippen LogP contribution < -0.4 is 5.73 Å². The van der Waals surface area contributed by atoms with Crippen molar-refractivity contribution in [2.45, 2.75) is 18.8 Å². The van der Waals surface area contributed by atoms with Crippen molar-refractivity contribution < 1.29 is 27.8 Å². The van der Waals surface area contributed by atoms with Crippen molar-refractivity contribution in [3.63, 3.8) is 0 Å². The Bertz CT molecular complexity index is 164. The molecule has 0 aromatic heterocycles. The molecule has 0 unspecified atom stereocenters. The van der Waals surface area contributed by atoms with Crippen LogP contribution >= 0.6 is 12.4 Å². The summed E-state index contributed by atoms with van der Waals surface area (Å²) < 4.78 is 37.2. The fraction of sp³-hybridized carbons (Fsp3) is 0.800. The van der Waals surface area contributed by atoms with Crippen LogP contribution in [-0.2, 0) is 9.53 Å². The highest BCUT2D eigenvalue weighted by Gasteiger charge is 2.29. The molecule has 4 nitrogen and oxygen atoms in total. The first kappa shape index (κ1) is 15.0. The van der Waals surface area contributed by atoms with Gasteiger partial charge in [-0.05, 0) is 6.42 Å². The van der Waals surface area contributed by atoms with Crippen molar-refractivity contribution in [3.8, 4) is 0 Å². The van der Waals surface area contributed by atoms with E-state index in [1.807, 2.05) is 0 Å². The second kappa shape index (κ2) is 6.01. The highest BCUT2D eigenvalue weighted by Crippen LogP contribution is 2.16. The van der Waals surface area contributed by atoms with Gasteiger partial charge in [0.05, 0.1) is 6.61 Å². The SMILES string of the molecule is Cl.N[C@@H](CCOC(F)(F)F)C(=O)O. The molecular formula is C5H9ClF3NO3. The third kappa shape index (κ3) is 9.38. The Hall–Kier alpha value is -0.530. The van der Waals surface area contributed by atoms with E-state index in [0.29, 0.717) is 0 Å². The van der Waals surface area contributed by atoms with Gasteiger partial charge in [0.15, 0.2) is 0 Å². The van der Waals surface area contributed by atoms with Crippen LogP contribution in [0.2, 0.25) is 0 Å². The Morgan fingerprint density at radius 1 is 1.54 bits per heavy atom. The van der Waals surface area contributed by atoms with Gasteiger partial charge in [-0.3, -0.25) is 9.53 Å². The summed E-state index contributed by atoms with van der Waals surface area (Å²) in [7, 11) is 0. The maximum Gasteiger partial charge on any atom is 0.522 e. The van der Waals surface area contributed by atoms with E-state index in [2.05, 4.69) is 4.74 Å². The summed E-state index contributed by atoms with van der Waals surface area (Å²) in [5.74, 6) is -1.35. The van der Waals surface area contributed by atoms with Crippen molar-refractivity contribution in [2.24, 2.45) is 5.73 Å². The van der Waals surface area contributed by atoms with Crippen LogP contribution in [0.5, 0.6) is 0 Å². The maximum atomic E-state index is 11.3. The zero-order chi connectivity index (χ0) is 9.78. The lowest BCUT2D eigenvalue weighted by Gasteiger charge is -2.08. The molecule has 0 aliphatic heterocycles. The molecule has 0 fully saturated rings. The molecule has 0 aromatic carbocycles. The normalized spacial score (nSPS) is 13.2. The Kier molecular flexibility index (Phi) is 6.91. The number of hydrogen-bond acceptors (Lipinski definition) is 3. The fourth-order valence-corrected chi connectivity index (χ4v) is 0.425. The number of carbonyl (C=O) groups is 1. The molecule has 0 bridgehead atoms. The molecule has 1 atom stereocenters. The van der Waals surface area contributed by atoms with Crippen LogP contribution in [0.1, 0.15) is 6.42 Å². The predicted octanol–water partition coefficient (Wildman–Crippen LogP) is 0.747. The molecule has 0 aliphatic rings. The van der Waals surface area contributed by atoms with Crippen molar-refractivity contribution >= 4 is 18.4 Å². The standard InChI is InChI=1S/C5H8F3NO3.ClH/c6-5(7,8)12-2-1-3(9)4(10)11;/h3H,1-2,9H2,(H,10,11);1H/t3-;/m0./s1. The first-order valence-corrected chi connectivity index (χ1v) is 3.02. The summed E-state index contributed by atoms with van der Waals surface area (Å²) in [4.78, 5) is 9.99. The maximum absolute atomic E-state index is 11.3. The fourth-order valence-electron chi connectivity index (χ4n) is 0.425. The molecule has 0 saturated heterocycles. The molecule has 8 heteroatoms. The molecule has 0 amide bonds. The molecule has 0 heterocycles. The summed E-state index contributed by atoms with van der Waals surface area (Å²) in [6.07, 6.45) is -5.09. The van der Waals surface area contributed by atoms with E-state index in [0.717, 1.165) is 0 Å². The van der Waals surface area contributed by atoms with Gasteiger partial charge in [0.25, 0.3) is 0 Å². The monoisotopic (exact) mass is 223 g/mol. The van der Waals surface area contributed by atoms with Gasteiger partial charge in [-0.15, -0.1) is 25.6 Å². The number of nitrogens with two attached hydrogens (primary N) is 1. The topological polar surface area (TPSA) is 72.5 Å². The zero-order valence-electron chi connectivity index (χ0n) is 6.37. The number of hydrogen-bond donors (Lipinski definition) is 2. The molecule has 0 aromatic rings. The van der Waals surface area contributed by atoms with Gasteiger partial charge >= 0.3 is 12.3 Å². The summed E-state index contributed by atoms with van der Waals surface area (Å²) in [5.41, 5.74) is 4.90. The minimum atomic E-state index is -4.72. The number of aliphatic carboxylic acids is 1. The molecule has 0 spiro atoms. The smallest absolute Gasteiger partial charge is 0.480 e. The van der Waals surface area contributed by atoms with Crippen LogP contribution in [0.15, 0.2) is 0 Å². The lowest BCUT2D eigenvalue weighted by molar-refractivity contribution is -0.324. The minimum Gasteiger partial charge on any atom is -0.480 e. The third-order valence-corrected chi connectivity index (χ3v) is 1.01. The Balaban J connectivity index is 0. The molecule has 13 heavy (non-hydrogen) atoms. The second-order valence-corrected chi connectivity index (χ2v) is 2.03. The highest BCUT2D eigenvalue weighted by molar-refractivity contribution is 5.85. The largest absolute Gasteiger partial charge is 0.522 e. The van der Waals surface area contributed by atoms with E-state index in [4.69, 9.17) is 10.8 Å². The van der Waals surface area contributed by atoms with Gasteiger partial charge < -0.3 is 10.8 Å². The van der Waals surface area contributed by atoms with Gasteiger partial charge in [0.1, 0.15) is 6.04 Å². The van der Waals surface area contributed by atoms with Crippen LogP contribution in [-0.4, -0.2) is 30.1 Å². The van der Waals surface area contributed by atoms with Crippen molar-refractivity contribution in [1.29, 1.82) is 0 Å². The van der Waals surface area contributed by atoms with E-state index in [9.17, 15) is 18.0 Å². The number of carboxylic acids is 1. The average Bonchev–Trinajstić information content (AvgIpc) is 1.84. The number of carboxylic acid groups (broad SMARTS) is 1. The van der Waals surface area contributed by atoms with Crippen LogP contribution in [0, 0.1) is 0 Å². The highest BCUT2D eigenvalue weighted by atomic mass is 35.5. The lowest BCUT2D eigenvalue weighted by Crippen LogP contribution is -2.32. The minimum absolute atomic E-state index is 0. The molecule has 0 aliphatic carbocycles. The van der Waals surface area contributed by atoms with Gasteiger partial charge in [-0.25, -0.2) is 0 Å². The predicted molar refractivity (Wildman–Crippen MR) is 39.5 cm³/mol. The van der Waals surface area contributed by atoms with E-state index in [1.165, 1.54) is 0 Å². The molecule has 3 N–H and O–H groups in total. The second-order valence-electron chi connectivity index (χ2n) is 2.03.